The second-order valence-electron chi connectivity index (χ2n) is 6.05. The number of aliphatic imine (C=N–C) groups is 1. The van der Waals surface area contributed by atoms with Gasteiger partial charge in [-0.3, -0.25) is 0 Å². The van der Waals surface area contributed by atoms with Gasteiger partial charge in [0.2, 0.25) is 0 Å². The molecule has 0 aliphatic rings. The van der Waals surface area contributed by atoms with Gasteiger partial charge in [-0.2, -0.15) is 0 Å². The summed E-state index contributed by atoms with van der Waals surface area (Å²) in [6.07, 6.45) is 5.09. The Morgan fingerprint density at radius 2 is 1.69 bits per heavy atom. The first-order valence-corrected chi connectivity index (χ1v) is 9.63. The summed E-state index contributed by atoms with van der Waals surface area (Å²) in [5.74, 6) is 1.69. The van der Waals surface area contributed by atoms with Crippen LogP contribution in [0, 0.1) is 0 Å². The third-order valence-corrected chi connectivity index (χ3v) is 3.92. The molecule has 148 valence electrons. The van der Waals surface area contributed by atoms with Gasteiger partial charge in [-0.05, 0) is 43.9 Å². The fraction of sp³-hybridized carbons (Fsp3) is 0.650. The Bertz CT molecular complexity index is 478. The van der Waals surface area contributed by atoms with Gasteiger partial charge in [-0.1, -0.05) is 25.0 Å². The highest BCUT2D eigenvalue weighted by molar-refractivity contribution is 5.79. The van der Waals surface area contributed by atoms with Crippen molar-refractivity contribution in [3.8, 4) is 5.75 Å². The van der Waals surface area contributed by atoms with Crippen molar-refractivity contribution in [2.45, 2.75) is 45.6 Å². The number of nitrogens with one attached hydrogen (secondary N) is 2. The van der Waals surface area contributed by atoms with E-state index in [1.165, 1.54) is 0 Å². The van der Waals surface area contributed by atoms with E-state index >= 15 is 0 Å². The molecular weight excluding hydrogens is 330 g/mol. The molecule has 0 aliphatic carbocycles. The molecule has 0 fully saturated rings. The minimum atomic E-state index is 0.281. The maximum atomic E-state index is 8.82. The highest BCUT2D eigenvalue weighted by Crippen LogP contribution is 2.11. The zero-order valence-corrected chi connectivity index (χ0v) is 16.3. The number of methoxy groups -OCH3 is 1. The standard InChI is InChI=1S/C20H35N3O3/c1-3-26-16-8-14-22-20(21-13-6-4-5-7-15-24)23-17-18-9-11-19(25-2)12-10-18/h9-12,24H,3-8,13-17H2,1-2H3,(H2,21,22,23). The zero-order valence-electron chi connectivity index (χ0n) is 16.3. The summed E-state index contributed by atoms with van der Waals surface area (Å²) in [5, 5.41) is 15.6. The first kappa shape index (κ1) is 22.3. The number of aliphatic hydroxyl groups excluding tert-OH is 1. The lowest BCUT2D eigenvalue weighted by Gasteiger charge is -2.13. The van der Waals surface area contributed by atoms with Crippen LogP contribution in [0.4, 0.5) is 0 Å². The number of rotatable bonds is 14. The molecule has 0 bridgehead atoms. The van der Waals surface area contributed by atoms with E-state index in [9.17, 15) is 0 Å². The van der Waals surface area contributed by atoms with Crippen molar-refractivity contribution in [1.82, 2.24) is 10.6 Å². The third kappa shape index (κ3) is 10.9. The van der Waals surface area contributed by atoms with Crippen LogP contribution in [0.25, 0.3) is 0 Å². The zero-order chi connectivity index (χ0) is 18.9. The Balaban J connectivity index is 2.43. The molecule has 6 heteroatoms. The molecule has 0 spiro atoms. The van der Waals surface area contributed by atoms with Crippen LogP contribution in [0.2, 0.25) is 0 Å². The minimum Gasteiger partial charge on any atom is -0.497 e. The number of guanidine groups is 1. The quantitative estimate of drug-likeness (QED) is 0.268. The number of hydrogen-bond donors (Lipinski definition) is 3. The van der Waals surface area contributed by atoms with Crippen LogP contribution in [0.3, 0.4) is 0 Å². The van der Waals surface area contributed by atoms with Crippen LogP contribution in [0.5, 0.6) is 5.75 Å². The van der Waals surface area contributed by atoms with Gasteiger partial charge in [0.15, 0.2) is 5.96 Å². The van der Waals surface area contributed by atoms with Crippen molar-refractivity contribution in [2.75, 3.05) is 40.0 Å². The molecule has 26 heavy (non-hydrogen) atoms. The van der Waals surface area contributed by atoms with Gasteiger partial charge in [0.05, 0.1) is 13.7 Å². The monoisotopic (exact) mass is 365 g/mol. The lowest BCUT2D eigenvalue weighted by Crippen LogP contribution is -2.38. The minimum absolute atomic E-state index is 0.281. The van der Waals surface area contributed by atoms with Crippen LogP contribution >= 0.6 is 0 Å². The molecule has 0 aliphatic heterocycles. The van der Waals surface area contributed by atoms with Gasteiger partial charge in [-0.25, -0.2) is 4.99 Å². The summed E-state index contributed by atoms with van der Waals surface area (Å²) < 4.78 is 10.6. The van der Waals surface area contributed by atoms with Gasteiger partial charge in [0.25, 0.3) is 0 Å². The summed E-state index contributed by atoms with van der Waals surface area (Å²) in [7, 11) is 1.67. The molecule has 0 saturated carbocycles. The first-order valence-electron chi connectivity index (χ1n) is 9.63. The second-order valence-corrected chi connectivity index (χ2v) is 6.05. The maximum absolute atomic E-state index is 8.82. The topological polar surface area (TPSA) is 75.1 Å². The number of hydrogen-bond acceptors (Lipinski definition) is 4. The molecule has 0 radical (unpaired) electrons. The summed E-state index contributed by atoms with van der Waals surface area (Å²) in [4.78, 5) is 4.67. The van der Waals surface area contributed by atoms with E-state index < -0.39 is 0 Å². The van der Waals surface area contributed by atoms with Gasteiger partial charge in [0.1, 0.15) is 5.75 Å². The van der Waals surface area contributed by atoms with E-state index in [0.717, 1.165) is 75.7 Å². The van der Waals surface area contributed by atoms with Crippen LogP contribution in [-0.4, -0.2) is 51.1 Å². The van der Waals surface area contributed by atoms with E-state index in [1.54, 1.807) is 7.11 Å². The highest BCUT2D eigenvalue weighted by Gasteiger charge is 2.00. The SMILES string of the molecule is CCOCCCNC(=NCc1ccc(OC)cc1)NCCCCCCO. The van der Waals surface area contributed by atoms with Crippen LogP contribution in [-0.2, 0) is 11.3 Å². The average molecular weight is 366 g/mol. The van der Waals surface area contributed by atoms with Crippen LogP contribution in [0.1, 0.15) is 44.6 Å². The van der Waals surface area contributed by atoms with E-state index in [0.29, 0.717) is 6.54 Å². The van der Waals surface area contributed by atoms with Gasteiger partial charge < -0.3 is 25.2 Å². The highest BCUT2D eigenvalue weighted by atomic mass is 16.5. The molecule has 0 heterocycles. The number of unbranched alkanes of at least 4 members (excludes halogenated alkanes) is 3. The average Bonchev–Trinajstić information content (AvgIpc) is 2.68. The molecule has 0 aromatic heterocycles. The number of nitrogens with zero attached hydrogens (tertiary/aromatic N) is 1. The lowest BCUT2D eigenvalue weighted by atomic mass is 10.2. The fourth-order valence-corrected chi connectivity index (χ4v) is 2.40. The van der Waals surface area contributed by atoms with Gasteiger partial charge in [-0.15, -0.1) is 0 Å². The predicted molar refractivity (Wildman–Crippen MR) is 107 cm³/mol. The molecule has 3 N–H and O–H groups in total. The van der Waals surface area contributed by atoms with E-state index in [4.69, 9.17) is 14.6 Å². The molecule has 6 nitrogen and oxygen atoms in total. The van der Waals surface area contributed by atoms with E-state index in [1.807, 2.05) is 31.2 Å². The van der Waals surface area contributed by atoms with Crippen LogP contribution < -0.4 is 15.4 Å². The van der Waals surface area contributed by atoms with Crippen molar-refractivity contribution >= 4 is 5.96 Å². The van der Waals surface area contributed by atoms with Crippen molar-refractivity contribution in [3.63, 3.8) is 0 Å². The second kappa shape index (κ2) is 15.5. The first-order chi connectivity index (χ1) is 12.8. The third-order valence-electron chi connectivity index (χ3n) is 3.92. The molecule has 1 aromatic rings. The number of benzene rings is 1. The van der Waals surface area contributed by atoms with Gasteiger partial charge in [0, 0.05) is 32.9 Å². The predicted octanol–water partition coefficient (Wildman–Crippen LogP) is 2.71. The Morgan fingerprint density at radius 3 is 2.35 bits per heavy atom. The number of ether oxygens (including phenoxy) is 2. The molecular formula is C20H35N3O3. The van der Waals surface area contributed by atoms with E-state index in [-0.39, 0.29) is 6.61 Å². The Hall–Kier alpha value is -1.79. The van der Waals surface area contributed by atoms with Crippen molar-refractivity contribution in [1.29, 1.82) is 0 Å². The summed E-state index contributed by atoms with van der Waals surface area (Å²) in [6.45, 7) is 6.14. The van der Waals surface area contributed by atoms with Crippen molar-refractivity contribution in [3.05, 3.63) is 29.8 Å². The van der Waals surface area contributed by atoms with Crippen molar-refractivity contribution < 1.29 is 14.6 Å². The largest absolute Gasteiger partial charge is 0.497 e. The summed E-state index contributed by atoms with van der Waals surface area (Å²) in [6, 6.07) is 7.97. The van der Waals surface area contributed by atoms with Gasteiger partial charge >= 0.3 is 0 Å². The van der Waals surface area contributed by atoms with E-state index in [2.05, 4.69) is 15.6 Å². The molecule has 0 amide bonds. The molecule has 1 aromatic carbocycles. The summed E-state index contributed by atoms with van der Waals surface area (Å²) >= 11 is 0. The molecule has 0 atom stereocenters. The van der Waals surface area contributed by atoms with Crippen molar-refractivity contribution in [2.24, 2.45) is 4.99 Å². The smallest absolute Gasteiger partial charge is 0.191 e. The fourth-order valence-electron chi connectivity index (χ4n) is 2.40. The molecule has 0 unspecified atom stereocenters. The van der Waals surface area contributed by atoms with Crippen LogP contribution in [0.15, 0.2) is 29.3 Å². The number of aliphatic hydroxyl groups is 1. The molecule has 1 rings (SSSR count). The molecule has 0 saturated heterocycles. The Kier molecular flexibility index (Phi) is 13.2. The Morgan fingerprint density at radius 1 is 1.00 bits per heavy atom. The maximum Gasteiger partial charge on any atom is 0.191 e. The summed E-state index contributed by atoms with van der Waals surface area (Å²) in [5.41, 5.74) is 1.14. The lowest BCUT2D eigenvalue weighted by molar-refractivity contribution is 0.145. The normalized spacial score (nSPS) is 11.4. The Labute approximate surface area is 158 Å².